The summed E-state index contributed by atoms with van der Waals surface area (Å²) < 4.78 is 12.8. The minimum Gasteiger partial charge on any atom is -0.356 e. The molecule has 0 aromatic carbocycles. The molecule has 5 heteroatoms. The molecule has 0 N–H and O–H groups in total. The van der Waals surface area contributed by atoms with Crippen molar-refractivity contribution in [1.82, 2.24) is 4.98 Å². The first-order valence-electron chi connectivity index (χ1n) is 6.71. The van der Waals surface area contributed by atoms with Gasteiger partial charge in [-0.3, -0.25) is 0 Å². The molecule has 2 fully saturated rings. The summed E-state index contributed by atoms with van der Waals surface area (Å²) in [5, 5.41) is 3.39. The second-order valence-corrected chi connectivity index (χ2v) is 6.01. The molecule has 1 spiro atoms. The molecule has 19 heavy (non-hydrogen) atoms. The van der Waals surface area contributed by atoms with Crippen LogP contribution in [0.4, 0.5) is 5.82 Å². The summed E-state index contributed by atoms with van der Waals surface area (Å²) >= 11 is 1.77. The molecule has 0 saturated carbocycles. The van der Waals surface area contributed by atoms with Gasteiger partial charge in [0.05, 0.1) is 13.2 Å². The number of hydrogen-bond acceptors (Lipinski definition) is 5. The van der Waals surface area contributed by atoms with Crippen LogP contribution >= 0.6 is 11.3 Å². The van der Waals surface area contributed by atoms with Gasteiger partial charge in [0.2, 0.25) is 0 Å². The highest BCUT2D eigenvalue weighted by molar-refractivity contribution is 7.17. The van der Waals surface area contributed by atoms with E-state index in [2.05, 4.69) is 27.4 Å². The molecular formula is C14H16N2O2S. The third kappa shape index (κ3) is 1.93. The Bertz CT molecular complexity index is 582. The zero-order valence-corrected chi connectivity index (χ0v) is 11.5. The fourth-order valence-corrected chi connectivity index (χ4v) is 3.75. The van der Waals surface area contributed by atoms with Crippen molar-refractivity contribution in [2.75, 3.05) is 31.2 Å². The van der Waals surface area contributed by atoms with Crippen molar-refractivity contribution in [2.24, 2.45) is 0 Å². The smallest absolute Gasteiger partial charge is 0.171 e. The monoisotopic (exact) mass is 276 g/mol. The molecule has 2 aliphatic heterocycles. The molecule has 0 amide bonds. The number of anilines is 1. The molecular weight excluding hydrogens is 260 g/mol. The van der Waals surface area contributed by atoms with Crippen LogP contribution in [0.15, 0.2) is 23.7 Å². The van der Waals surface area contributed by atoms with Gasteiger partial charge in [-0.05, 0) is 17.5 Å². The summed E-state index contributed by atoms with van der Waals surface area (Å²) in [5.74, 6) is 0.797. The van der Waals surface area contributed by atoms with E-state index in [9.17, 15) is 0 Å². The van der Waals surface area contributed by atoms with E-state index in [1.807, 2.05) is 6.20 Å². The molecule has 0 radical (unpaired) electrons. The Hall–Kier alpha value is -1.17. The van der Waals surface area contributed by atoms with Crippen LogP contribution in [0, 0.1) is 0 Å². The van der Waals surface area contributed by atoms with Crippen molar-refractivity contribution in [3.05, 3.63) is 23.7 Å². The number of hydrogen-bond donors (Lipinski definition) is 0. The van der Waals surface area contributed by atoms with Crippen LogP contribution in [-0.2, 0) is 9.47 Å². The molecule has 100 valence electrons. The van der Waals surface area contributed by atoms with Gasteiger partial charge in [-0.15, -0.1) is 11.3 Å². The number of fused-ring (bicyclic) bond motifs is 1. The third-order valence-corrected chi connectivity index (χ3v) is 4.88. The molecule has 2 aromatic rings. The molecule has 4 heterocycles. The van der Waals surface area contributed by atoms with Gasteiger partial charge in [0.25, 0.3) is 0 Å². The SMILES string of the molecule is c1cc2sccc2c(N2CCC3(CC2)OCCO3)n1. The standard InChI is InChI=1S/C14H16N2O2S/c1-5-15-13(11-2-10-19-12(1)11)16-6-3-14(4-7-16)17-8-9-18-14/h1-2,5,10H,3-4,6-9H2. The van der Waals surface area contributed by atoms with Crippen LogP contribution in [0.2, 0.25) is 0 Å². The van der Waals surface area contributed by atoms with Gasteiger partial charge < -0.3 is 14.4 Å². The van der Waals surface area contributed by atoms with Crippen LogP contribution in [0.3, 0.4) is 0 Å². The van der Waals surface area contributed by atoms with E-state index in [1.54, 1.807) is 11.3 Å². The lowest BCUT2D eigenvalue weighted by molar-refractivity contribution is -0.169. The fourth-order valence-electron chi connectivity index (χ4n) is 2.98. The summed E-state index contributed by atoms with van der Waals surface area (Å²) in [7, 11) is 0. The maximum absolute atomic E-state index is 5.77. The van der Waals surface area contributed by atoms with Gasteiger partial charge in [-0.2, -0.15) is 0 Å². The lowest BCUT2D eigenvalue weighted by atomic mass is 10.0. The molecule has 0 atom stereocenters. The van der Waals surface area contributed by atoms with E-state index in [-0.39, 0.29) is 5.79 Å². The molecule has 4 rings (SSSR count). The van der Waals surface area contributed by atoms with E-state index in [0.29, 0.717) is 0 Å². The van der Waals surface area contributed by atoms with Gasteiger partial charge in [0, 0.05) is 42.2 Å². The fraction of sp³-hybridized carbons (Fsp3) is 0.500. The number of rotatable bonds is 1. The van der Waals surface area contributed by atoms with Crippen molar-refractivity contribution in [3.63, 3.8) is 0 Å². The Morgan fingerprint density at radius 3 is 2.74 bits per heavy atom. The first-order valence-corrected chi connectivity index (χ1v) is 7.59. The van der Waals surface area contributed by atoms with E-state index in [4.69, 9.17) is 9.47 Å². The van der Waals surface area contributed by atoms with E-state index in [0.717, 1.165) is 45.0 Å². The predicted molar refractivity (Wildman–Crippen MR) is 75.7 cm³/mol. The molecule has 2 aliphatic rings. The van der Waals surface area contributed by atoms with Crippen molar-refractivity contribution in [3.8, 4) is 0 Å². The highest BCUT2D eigenvalue weighted by Gasteiger charge is 2.40. The van der Waals surface area contributed by atoms with Crippen LogP contribution in [0.5, 0.6) is 0 Å². The van der Waals surface area contributed by atoms with Gasteiger partial charge in [-0.1, -0.05) is 0 Å². The number of pyridine rings is 1. The molecule has 2 saturated heterocycles. The predicted octanol–water partition coefficient (Wildman–Crippen LogP) is 2.64. The van der Waals surface area contributed by atoms with Gasteiger partial charge >= 0.3 is 0 Å². The molecule has 2 aromatic heterocycles. The largest absolute Gasteiger partial charge is 0.356 e. The Morgan fingerprint density at radius 1 is 1.16 bits per heavy atom. The topological polar surface area (TPSA) is 34.6 Å². The first-order chi connectivity index (χ1) is 9.36. The summed E-state index contributed by atoms with van der Waals surface area (Å²) in [4.78, 5) is 6.92. The maximum Gasteiger partial charge on any atom is 0.171 e. The lowest BCUT2D eigenvalue weighted by Crippen LogP contribution is -2.45. The lowest BCUT2D eigenvalue weighted by Gasteiger charge is -2.38. The van der Waals surface area contributed by atoms with Gasteiger partial charge in [0.1, 0.15) is 5.82 Å². The molecule has 0 unspecified atom stereocenters. The van der Waals surface area contributed by atoms with Crippen LogP contribution < -0.4 is 4.90 Å². The first kappa shape index (κ1) is 11.6. The highest BCUT2D eigenvalue weighted by Crippen LogP contribution is 2.35. The van der Waals surface area contributed by atoms with Crippen molar-refractivity contribution >= 4 is 27.2 Å². The quantitative estimate of drug-likeness (QED) is 0.802. The van der Waals surface area contributed by atoms with Crippen LogP contribution in [0.25, 0.3) is 10.1 Å². The normalized spacial score (nSPS) is 22.4. The third-order valence-electron chi connectivity index (χ3n) is 4.00. The van der Waals surface area contributed by atoms with Gasteiger partial charge in [-0.25, -0.2) is 4.98 Å². The minimum atomic E-state index is -0.307. The number of ether oxygens (including phenoxy) is 2. The zero-order valence-electron chi connectivity index (χ0n) is 10.7. The molecule has 4 nitrogen and oxygen atoms in total. The zero-order chi connectivity index (χ0) is 12.7. The summed E-state index contributed by atoms with van der Waals surface area (Å²) in [6.07, 6.45) is 3.76. The number of piperidine rings is 1. The average Bonchev–Trinajstić information content (AvgIpc) is 3.09. The number of aromatic nitrogens is 1. The number of nitrogens with zero attached hydrogens (tertiary/aromatic N) is 2. The minimum absolute atomic E-state index is 0.307. The summed E-state index contributed by atoms with van der Waals surface area (Å²) in [6, 6.07) is 4.24. The Morgan fingerprint density at radius 2 is 1.95 bits per heavy atom. The van der Waals surface area contributed by atoms with Crippen LogP contribution in [0.1, 0.15) is 12.8 Å². The van der Waals surface area contributed by atoms with E-state index < -0.39 is 0 Å². The summed E-state index contributed by atoms with van der Waals surface area (Å²) in [6.45, 7) is 3.36. The second-order valence-electron chi connectivity index (χ2n) is 5.06. The van der Waals surface area contributed by atoms with Crippen LogP contribution in [-0.4, -0.2) is 37.1 Å². The Balaban J connectivity index is 1.59. The van der Waals surface area contributed by atoms with Crippen molar-refractivity contribution in [2.45, 2.75) is 18.6 Å². The number of thiophene rings is 1. The van der Waals surface area contributed by atoms with E-state index >= 15 is 0 Å². The molecule has 0 aliphatic carbocycles. The Kier molecular flexibility index (Phi) is 2.72. The summed E-state index contributed by atoms with van der Waals surface area (Å²) in [5.41, 5.74) is 0. The van der Waals surface area contributed by atoms with Crippen molar-refractivity contribution < 1.29 is 9.47 Å². The average molecular weight is 276 g/mol. The second kappa shape index (κ2) is 4.44. The van der Waals surface area contributed by atoms with E-state index in [1.165, 1.54) is 10.1 Å². The highest BCUT2D eigenvalue weighted by atomic mass is 32.1. The molecule has 0 bridgehead atoms. The van der Waals surface area contributed by atoms with Gasteiger partial charge in [0.15, 0.2) is 5.79 Å². The van der Waals surface area contributed by atoms with Crippen molar-refractivity contribution in [1.29, 1.82) is 0 Å². The maximum atomic E-state index is 5.77. The Labute approximate surface area is 116 Å².